The summed E-state index contributed by atoms with van der Waals surface area (Å²) in [5, 5.41) is 14.2. The van der Waals surface area contributed by atoms with Crippen LogP contribution in [0, 0.1) is 17.8 Å². The van der Waals surface area contributed by atoms with Gasteiger partial charge >= 0.3 is 6.09 Å². The molecule has 16 nitrogen and oxygen atoms in total. The van der Waals surface area contributed by atoms with Crippen LogP contribution in [0.4, 0.5) is 4.79 Å². The Morgan fingerprint density at radius 3 is 2.34 bits per heavy atom. The molecule has 3 fully saturated rings. The Hall–Kier alpha value is -5.45. The van der Waals surface area contributed by atoms with Gasteiger partial charge in [-0.15, -0.1) is 0 Å². The van der Waals surface area contributed by atoms with Gasteiger partial charge in [-0.3, -0.25) is 24.0 Å². The summed E-state index contributed by atoms with van der Waals surface area (Å²) >= 11 is 0. The fourth-order valence-corrected chi connectivity index (χ4v) is 10.4. The van der Waals surface area contributed by atoms with Crippen molar-refractivity contribution in [1.29, 1.82) is 0 Å². The van der Waals surface area contributed by atoms with Crippen molar-refractivity contribution in [2.45, 2.75) is 140 Å². The van der Waals surface area contributed by atoms with E-state index in [1.54, 1.807) is 53.0 Å². The molecule has 4 aliphatic rings. The highest BCUT2D eigenvalue weighted by Gasteiger charge is 2.63. The van der Waals surface area contributed by atoms with E-state index in [9.17, 15) is 27.9 Å². The first-order valence-electron chi connectivity index (χ1n) is 22.2. The van der Waals surface area contributed by atoms with E-state index in [1.165, 1.54) is 9.80 Å². The zero-order valence-corrected chi connectivity index (χ0v) is 39.0. The van der Waals surface area contributed by atoms with Crippen molar-refractivity contribution >= 4 is 44.7 Å². The average Bonchev–Trinajstić information content (AvgIpc) is 4.10. The largest absolute Gasteiger partial charge is 0.497 e. The van der Waals surface area contributed by atoms with E-state index in [4.69, 9.17) is 24.2 Å². The van der Waals surface area contributed by atoms with Crippen molar-refractivity contribution < 1.29 is 46.9 Å². The van der Waals surface area contributed by atoms with Gasteiger partial charge in [-0.2, -0.15) is 4.98 Å². The maximum Gasteiger partial charge on any atom is 0.408 e. The summed E-state index contributed by atoms with van der Waals surface area (Å²) in [6, 6.07) is 10.2. The van der Waals surface area contributed by atoms with Crippen LogP contribution < -0.4 is 24.2 Å². The topological polar surface area (TPSA) is 207 Å². The van der Waals surface area contributed by atoms with Crippen LogP contribution in [0.2, 0.25) is 0 Å². The van der Waals surface area contributed by atoms with Crippen molar-refractivity contribution in [3.63, 3.8) is 0 Å². The number of benzene rings is 2. The van der Waals surface area contributed by atoms with Crippen molar-refractivity contribution in [3.8, 4) is 28.8 Å². The molecule has 17 heteroatoms. The van der Waals surface area contributed by atoms with Crippen molar-refractivity contribution in [1.82, 2.24) is 29.8 Å². The molecule has 3 N–H and O–H groups in total. The van der Waals surface area contributed by atoms with E-state index < -0.39 is 79.7 Å². The molecule has 0 spiro atoms. The first-order chi connectivity index (χ1) is 30.1. The molecule has 3 heterocycles. The normalized spacial score (nSPS) is 27.6. The second kappa shape index (κ2) is 17.5. The monoisotopic (exact) mass is 902 g/mol. The van der Waals surface area contributed by atoms with Crippen LogP contribution in [-0.4, -0.2) is 111 Å². The number of carbonyl (C=O) groups excluding carboxylic acids is 3. The molecule has 0 unspecified atom stereocenters. The highest BCUT2D eigenvalue weighted by Crippen LogP contribution is 2.48. The van der Waals surface area contributed by atoms with E-state index in [-0.39, 0.29) is 37.3 Å². The van der Waals surface area contributed by atoms with Gasteiger partial charge in [0.15, 0.2) is 5.82 Å². The van der Waals surface area contributed by atoms with Gasteiger partial charge in [-0.1, -0.05) is 26.0 Å². The van der Waals surface area contributed by atoms with Crippen LogP contribution in [0.5, 0.6) is 17.4 Å². The van der Waals surface area contributed by atoms with Gasteiger partial charge in [0.25, 0.3) is 5.91 Å². The number of nitrogens with one attached hydrogen (secondary N) is 2. The van der Waals surface area contributed by atoms with Gasteiger partial charge < -0.3 is 29.5 Å². The van der Waals surface area contributed by atoms with Gasteiger partial charge in [-0.25, -0.2) is 18.2 Å². The maximum atomic E-state index is 15.3. The van der Waals surface area contributed by atoms with E-state index in [2.05, 4.69) is 17.0 Å². The molecule has 64 heavy (non-hydrogen) atoms. The molecular formula is C47H62N6O10S. The third-order valence-electron chi connectivity index (χ3n) is 13.0. The molecule has 0 bridgehead atoms. The molecule has 346 valence electrons. The van der Waals surface area contributed by atoms with Gasteiger partial charge in [0.1, 0.15) is 35.2 Å². The second-order valence-corrected chi connectivity index (χ2v) is 21.9. The predicted molar refractivity (Wildman–Crippen MR) is 240 cm³/mol. The zero-order valence-electron chi connectivity index (χ0n) is 38.2. The fourth-order valence-electron chi connectivity index (χ4n) is 9.10. The first kappa shape index (κ1) is 46.5. The van der Waals surface area contributed by atoms with E-state index in [0.29, 0.717) is 65.9 Å². The highest BCUT2D eigenvalue weighted by atomic mass is 32.2. The lowest BCUT2D eigenvalue weighted by Gasteiger charge is -2.43. The number of fused-ring (bicyclic) bond motifs is 3. The summed E-state index contributed by atoms with van der Waals surface area (Å²) < 4.78 is 46.0. The van der Waals surface area contributed by atoms with Gasteiger partial charge in [0.2, 0.25) is 27.7 Å². The molecule has 7 rings (SSSR count). The Morgan fingerprint density at radius 1 is 1.03 bits per heavy atom. The van der Waals surface area contributed by atoms with Crippen LogP contribution in [0.3, 0.4) is 0 Å². The SMILES string of the molecule is COc1ccc2c(O[C@@H]3C[C@H]4C(=O)N[C@]5(C(=O)NS(=O)(=O)C6(C)CC6)C[C@H]5/C=C\CC[C@H](C)C[C@@H](C)[C@H](N(C(=O)O)C(C)(C)C)C(=O)N4C3)nc(-c3ccc(OC(C)C)cc3)nc2c1. The summed E-state index contributed by atoms with van der Waals surface area (Å²) in [5.74, 6) is -1.21. The number of sulfonamides is 1. The van der Waals surface area contributed by atoms with E-state index in [1.807, 2.05) is 57.2 Å². The first-order valence-corrected chi connectivity index (χ1v) is 23.7. The number of carbonyl (C=O) groups is 4. The molecule has 3 aromatic rings. The minimum atomic E-state index is -4.05. The summed E-state index contributed by atoms with van der Waals surface area (Å²) in [6.07, 6.45) is 4.45. The second-order valence-electron chi connectivity index (χ2n) is 19.7. The molecule has 1 aromatic heterocycles. The van der Waals surface area contributed by atoms with Crippen LogP contribution in [0.15, 0.2) is 54.6 Å². The number of hydrogen-bond acceptors (Lipinski definition) is 11. The van der Waals surface area contributed by atoms with Gasteiger partial charge in [0, 0.05) is 29.5 Å². The number of ether oxygens (including phenoxy) is 3. The number of allylic oxidation sites excluding steroid dienone is 1. The average molecular weight is 903 g/mol. The Morgan fingerprint density at radius 2 is 1.72 bits per heavy atom. The molecule has 2 aliphatic heterocycles. The Bertz CT molecular complexity index is 2430. The van der Waals surface area contributed by atoms with Gasteiger partial charge in [-0.05, 0) is 128 Å². The molecule has 2 aliphatic carbocycles. The third-order valence-corrected chi connectivity index (χ3v) is 15.2. The zero-order chi connectivity index (χ0) is 46.5. The standard InChI is InChI=1S/C47H62N6O10S/c1-27(2)62-32-16-14-30(15-17-32)39-48-36-23-33(61-9)18-19-35(36)41(49-39)63-34-24-37-40(54)50-47(43(56)51-64(59,60)46(8)20-21-46)25-31(47)13-11-10-12-28(3)22-29(4)38(42(55)52(37)26-34)53(44(57)58)45(5,6)7/h11,13-19,23,27-29,31,34,37-38H,10,12,20-22,24-26H2,1-9H3,(H,50,54)(H,51,56)(H,57,58)/b13-11-/t28-,29+,31+,34+,37-,38-,47+/m0/s1. The highest BCUT2D eigenvalue weighted by molar-refractivity contribution is 7.91. The minimum absolute atomic E-state index is 0.0233. The summed E-state index contributed by atoms with van der Waals surface area (Å²) in [6.45, 7) is 14.5. The van der Waals surface area contributed by atoms with Crippen molar-refractivity contribution in [3.05, 3.63) is 54.6 Å². The van der Waals surface area contributed by atoms with E-state index in [0.717, 1.165) is 0 Å². The summed E-state index contributed by atoms with van der Waals surface area (Å²) in [7, 11) is -2.50. The smallest absolute Gasteiger partial charge is 0.408 e. The molecule has 1 saturated heterocycles. The summed E-state index contributed by atoms with van der Waals surface area (Å²) in [4.78, 5) is 69.7. The number of amides is 4. The fraction of sp³-hybridized carbons (Fsp3) is 0.574. The Labute approximate surface area is 375 Å². The molecular weight excluding hydrogens is 841 g/mol. The lowest BCUT2D eigenvalue weighted by Crippen LogP contribution is -2.62. The molecule has 0 radical (unpaired) electrons. The minimum Gasteiger partial charge on any atom is -0.497 e. The third kappa shape index (κ3) is 9.50. The molecule has 4 amide bonds. The lowest BCUT2D eigenvalue weighted by molar-refractivity contribution is -0.146. The van der Waals surface area contributed by atoms with Crippen LogP contribution in [-0.2, 0) is 24.4 Å². The number of carboxylic acid groups (broad SMARTS) is 1. The van der Waals surface area contributed by atoms with Crippen LogP contribution in [0.1, 0.15) is 100 Å². The number of nitrogens with zero attached hydrogens (tertiary/aromatic N) is 4. The number of hydrogen-bond donors (Lipinski definition) is 3. The van der Waals surface area contributed by atoms with Crippen molar-refractivity contribution in [2.75, 3.05) is 13.7 Å². The number of rotatable bonds is 10. The summed E-state index contributed by atoms with van der Waals surface area (Å²) in [5.41, 5.74) is -1.41. The molecule has 7 atom stereocenters. The van der Waals surface area contributed by atoms with Gasteiger partial charge in [0.05, 0.1) is 35.4 Å². The predicted octanol–water partition coefficient (Wildman–Crippen LogP) is 6.47. The van der Waals surface area contributed by atoms with Crippen molar-refractivity contribution in [2.24, 2.45) is 17.8 Å². The number of methoxy groups -OCH3 is 1. The Kier molecular flexibility index (Phi) is 12.7. The maximum absolute atomic E-state index is 15.3. The lowest BCUT2D eigenvalue weighted by atomic mass is 9.85. The molecule has 2 saturated carbocycles. The van der Waals surface area contributed by atoms with E-state index >= 15 is 4.79 Å². The Balaban J connectivity index is 1.29. The van der Waals surface area contributed by atoms with Crippen LogP contribution in [0.25, 0.3) is 22.3 Å². The quantitative estimate of drug-likeness (QED) is 0.187. The van der Waals surface area contributed by atoms with Crippen LogP contribution >= 0.6 is 0 Å². The molecule has 2 aromatic carbocycles. The number of aromatic nitrogens is 2.